The van der Waals surface area contributed by atoms with Crippen molar-refractivity contribution in [1.82, 2.24) is 14.6 Å². The lowest BCUT2D eigenvalue weighted by Crippen LogP contribution is -2.51. The summed E-state index contributed by atoms with van der Waals surface area (Å²) in [5.41, 5.74) is 1.34. The third-order valence-corrected chi connectivity index (χ3v) is 11.0. The monoisotopic (exact) mass is 650 g/mol. The molecule has 0 saturated carbocycles. The second-order valence-electron chi connectivity index (χ2n) is 12.0. The van der Waals surface area contributed by atoms with Crippen LogP contribution in [-0.2, 0) is 32.4 Å². The van der Waals surface area contributed by atoms with E-state index in [2.05, 4.69) is 15.0 Å². The molecule has 2 N–H and O–H groups in total. The van der Waals surface area contributed by atoms with Crippen molar-refractivity contribution in [2.24, 2.45) is 11.3 Å². The van der Waals surface area contributed by atoms with Gasteiger partial charge in [0.05, 0.1) is 45.3 Å². The van der Waals surface area contributed by atoms with Gasteiger partial charge in [0.15, 0.2) is 0 Å². The molecule has 1 amide bonds. The number of halogens is 2. The van der Waals surface area contributed by atoms with Crippen LogP contribution in [0.1, 0.15) is 54.0 Å². The molecule has 3 aromatic rings. The van der Waals surface area contributed by atoms with Gasteiger partial charge in [0.2, 0.25) is 15.9 Å². The van der Waals surface area contributed by atoms with Crippen LogP contribution < -0.4 is 10.0 Å². The topological polar surface area (TPSA) is 118 Å². The molecule has 0 bridgehead atoms. The van der Waals surface area contributed by atoms with Gasteiger partial charge in [-0.1, -0.05) is 37.6 Å². The number of anilines is 1. The van der Waals surface area contributed by atoms with Crippen LogP contribution in [-0.4, -0.2) is 69.6 Å². The SMILES string of the molecule is COC(=O)c1c(Cl)cc(S(=O)(=O)N[C@@H](Cc2nc3ccccc3s2)C(=O)N2CCC(CCF)CC2)c2c1CC(C)(C)CN2. The largest absolute Gasteiger partial charge is 0.465 e. The van der Waals surface area contributed by atoms with E-state index in [1.54, 1.807) is 4.90 Å². The van der Waals surface area contributed by atoms with Crippen molar-refractivity contribution in [2.75, 3.05) is 38.7 Å². The van der Waals surface area contributed by atoms with Crippen LogP contribution >= 0.6 is 22.9 Å². The van der Waals surface area contributed by atoms with Crippen molar-refractivity contribution < 1.29 is 27.1 Å². The first-order valence-corrected chi connectivity index (χ1v) is 17.0. The molecule has 0 radical (unpaired) electrons. The number of hydrogen-bond acceptors (Lipinski definition) is 8. The molecule has 2 aromatic carbocycles. The van der Waals surface area contributed by atoms with Gasteiger partial charge >= 0.3 is 5.97 Å². The van der Waals surface area contributed by atoms with Gasteiger partial charge < -0.3 is 15.0 Å². The van der Waals surface area contributed by atoms with Gasteiger partial charge in [0.25, 0.3) is 0 Å². The average molecular weight is 651 g/mol. The van der Waals surface area contributed by atoms with Crippen LogP contribution in [0.25, 0.3) is 10.2 Å². The zero-order valence-electron chi connectivity index (χ0n) is 24.4. The number of piperidine rings is 1. The predicted molar refractivity (Wildman–Crippen MR) is 166 cm³/mol. The fourth-order valence-corrected chi connectivity index (χ4v) is 8.68. The van der Waals surface area contributed by atoms with E-state index in [0.29, 0.717) is 55.9 Å². The summed E-state index contributed by atoms with van der Waals surface area (Å²) in [6.07, 6.45) is 2.23. The number of nitrogens with zero attached hydrogens (tertiary/aromatic N) is 2. The van der Waals surface area contributed by atoms with E-state index in [1.807, 2.05) is 38.1 Å². The number of carbonyl (C=O) groups excluding carboxylic acids is 2. The molecule has 5 rings (SSSR count). The molecule has 13 heteroatoms. The molecule has 9 nitrogen and oxygen atoms in total. The highest BCUT2D eigenvalue weighted by molar-refractivity contribution is 7.89. The van der Waals surface area contributed by atoms with Gasteiger partial charge in [-0.3, -0.25) is 9.18 Å². The number of amides is 1. The highest BCUT2D eigenvalue weighted by Crippen LogP contribution is 2.41. The Morgan fingerprint density at radius 1 is 1.28 bits per heavy atom. The Kier molecular flexibility index (Phi) is 9.31. The van der Waals surface area contributed by atoms with Crippen LogP contribution in [0.2, 0.25) is 5.02 Å². The number of sulfonamides is 1. The number of thiazole rings is 1. The fourth-order valence-electron chi connectivity index (χ4n) is 5.88. The molecule has 0 unspecified atom stereocenters. The van der Waals surface area contributed by atoms with Crippen LogP contribution in [0, 0.1) is 11.3 Å². The highest BCUT2D eigenvalue weighted by atomic mass is 35.5. The fraction of sp³-hybridized carbons (Fsp3) is 0.500. The van der Waals surface area contributed by atoms with Crippen molar-refractivity contribution in [3.63, 3.8) is 0 Å². The molecule has 2 aliphatic heterocycles. The van der Waals surface area contributed by atoms with E-state index >= 15 is 0 Å². The standard InChI is InChI=1S/C30H36ClFN4O5S2/c1-30(2)16-19-26(29(38)41-3)20(31)14-24(27(19)33-17-30)43(39,40)35-22(15-25-34-21-6-4-5-7-23(21)42-25)28(37)36-12-9-18(8-11-32)10-13-36/h4-7,14,18,22,33,35H,8-13,15-17H2,1-3H3/t22-/m0/s1. The second kappa shape index (κ2) is 12.7. The van der Waals surface area contributed by atoms with E-state index in [0.717, 1.165) is 10.2 Å². The van der Waals surface area contributed by atoms with Gasteiger partial charge in [0, 0.05) is 26.1 Å². The van der Waals surface area contributed by atoms with Gasteiger partial charge in [-0.15, -0.1) is 11.3 Å². The van der Waals surface area contributed by atoms with Gasteiger partial charge in [-0.25, -0.2) is 18.2 Å². The summed E-state index contributed by atoms with van der Waals surface area (Å²) >= 11 is 7.95. The van der Waals surface area contributed by atoms with Gasteiger partial charge in [0.1, 0.15) is 10.9 Å². The minimum absolute atomic E-state index is 0.0468. The van der Waals surface area contributed by atoms with Gasteiger partial charge in [-0.2, -0.15) is 4.72 Å². The van der Waals surface area contributed by atoms with E-state index in [9.17, 15) is 22.4 Å². The quantitative estimate of drug-likeness (QED) is 0.305. The number of alkyl halides is 1. The minimum Gasteiger partial charge on any atom is -0.465 e. The summed E-state index contributed by atoms with van der Waals surface area (Å²) in [4.78, 5) is 32.8. The predicted octanol–water partition coefficient (Wildman–Crippen LogP) is 5.22. The normalized spacial score (nSPS) is 17.7. The van der Waals surface area contributed by atoms with Crippen LogP contribution in [0.4, 0.5) is 10.1 Å². The lowest BCUT2D eigenvalue weighted by molar-refractivity contribution is -0.134. The molecule has 3 heterocycles. The van der Waals surface area contributed by atoms with E-state index < -0.39 is 28.7 Å². The molecule has 1 aromatic heterocycles. The lowest BCUT2D eigenvalue weighted by Gasteiger charge is -2.35. The van der Waals surface area contributed by atoms with Gasteiger partial charge in [-0.05, 0) is 60.8 Å². The maximum Gasteiger partial charge on any atom is 0.339 e. The Balaban J connectivity index is 1.51. The zero-order chi connectivity index (χ0) is 30.9. The number of nitrogens with one attached hydrogen (secondary N) is 2. The maximum atomic E-state index is 14.1. The van der Waals surface area contributed by atoms with Crippen molar-refractivity contribution >= 4 is 60.7 Å². The van der Waals surface area contributed by atoms with Crippen molar-refractivity contribution in [1.29, 1.82) is 0 Å². The average Bonchev–Trinajstić information content (AvgIpc) is 3.38. The lowest BCUT2D eigenvalue weighted by atomic mass is 9.80. The summed E-state index contributed by atoms with van der Waals surface area (Å²) in [6, 6.07) is 7.67. The number of methoxy groups -OCH3 is 1. The van der Waals surface area contributed by atoms with Crippen LogP contribution in [0.5, 0.6) is 0 Å². The first-order valence-electron chi connectivity index (χ1n) is 14.3. The number of carbonyl (C=O) groups is 2. The van der Waals surface area contributed by atoms with Crippen molar-refractivity contribution in [3.05, 3.63) is 51.5 Å². The zero-order valence-corrected chi connectivity index (χ0v) is 26.8. The Labute approximate surface area is 260 Å². The Morgan fingerprint density at radius 2 is 2.00 bits per heavy atom. The van der Waals surface area contributed by atoms with E-state index in [1.165, 1.54) is 24.5 Å². The number of likely N-dealkylation sites (tertiary alicyclic amines) is 1. The number of para-hydroxylation sites is 1. The highest BCUT2D eigenvalue weighted by Gasteiger charge is 2.38. The molecular formula is C30H36ClFN4O5S2. The second-order valence-corrected chi connectivity index (χ2v) is 15.2. The number of rotatable bonds is 9. The summed E-state index contributed by atoms with van der Waals surface area (Å²) < 4.78 is 49.7. The van der Waals surface area contributed by atoms with Crippen LogP contribution in [0.3, 0.4) is 0 Å². The molecule has 232 valence electrons. The number of ether oxygens (including phenoxy) is 1. The molecule has 1 fully saturated rings. The number of aromatic nitrogens is 1. The molecule has 1 saturated heterocycles. The molecule has 2 aliphatic rings. The minimum atomic E-state index is -4.33. The Morgan fingerprint density at radius 3 is 2.67 bits per heavy atom. The molecular weight excluding hydrogens is 615 g/mol. The summed E-state index contributed by atoms with van der Waals surface area (Å²) in [6.45, 7) is 4.92. The third-order valence-electron chi connectivity index (χ3n) is 8.18. The number of hydrogen-bond donors (Lipinski definition) is 2. The molecule has 43 heavy (non-hydrogen) atoms. The molecule has 1 atom stereocenters. The van der Waals surface area contributed by atoms with Crippen molar-refractivity contribution in [2.45, 2.75) is 56.9 Å². The maximum absolute atomic E-state index is 14.1. The first-order chi connectivity index (χ1) is 20.4. The molecule has 0 spiro atoms. The Hall–Kier alpha value is -2.80. The van der Waals surface area contributed by atoms with Crippen LogP contribution in [0.15, 0.2) is 35.2 Å². The van der Waals surface area contributed by atoms with Crippen molar-refractivity contribution in [3.8, 4) is 0 Å². The smallest absolute Gasteiger partial charge is 0.339 e. The van der Waals surface area contributed by atoms with E-state index in [-0.39, 0.29) is 44.8 Å². The number of benzene rings is 2. The number of fused-ring (bicyclic) bond motifs is 2. The van der Waals surface area contributed by atoms with E-state index in [4.69, 9.17) is 16.3 Å². The summed E-state index contributed by atoms with van der Waals surface area (Å²) in [7, 11) is -3.09. The summed E-state index contributed by atoms with van der Waals surface area (Å²) in [5.74, 6) is -0.815. The number of esters is 1. The first kappa shape index (κ1) is 31.6. The summed E-state index contributed by atoms with van der Waals surface area (Å²) in [5, 5.41) is 3.78. The third kappa shape index (κ3) is 6.82. The Bertz CT molecular complexity index is 1600. The molecule has 0 aliphatic carbocycles.